The molecular formula is C13H14ClNO2. The number of hydrogen-bond donors (Lipinski definition) is 0. The molecule has 1 aromatic carbocycles. The van der Waals surface area contributed by atoms with Gasteiger partial charge in [-0.05, 0) is 36.6 Å². The van der Waals surface area contributed by atoms with E-state index in [0.717, 1.165) is 16.7 Å². The Labute approximate surface area is 106 Å². The quantitative estimate of drug-likeness (QED) is 0.611. The summed E-state index contributed by atoms with van der Waals surface area (Å²) in [4.78, 5) is 11.4. The molecule has 0 radical (unpaired) electrons. The number of ether oxygens (including phenoxy) is 1. The van der Waals surface area contributed by atoms with Crippen LogP contribution in [0.15, 0.2) is 12.1 Å². The summed E-state index contributed by atoms with van der Waals surface area (Å²) in [6.07, 6.45) is 0.218. The Balaban J connectivity index is 3.01. The van der Waals surface area contributed by atoms with E-state index in [9.17, 15) is 4.79 Å². The largest absolute Gasteiger partial charge is 0.466 e. The van der Waals surface area contributed by atoms with E-state index < -0.39 is 0 Å². The van der Waals surface area contributed by atoms with Gasteiger partial charge in [0.1, 0.15) is 0 Å². The van der Waals surface area contributed by atoms with Crippen LogP contribution < -0.4 is 0 Å². The molecule has 90 valence electrons. The van der Waals surface area contributed by atoms with Crippen LogP contribution in [0, 0.1) is 18.3 Å². The van der Waals surface area contributed by atoms with Crippen molar-refractivity contribution < 1.29 is 9.53 Å². The zero-order valence-electron chi connectivity index (χ0n) is 9.92. The third-order valence-corrected chi connectivity index (χ3v) is 2.75. The van der Waals surface area contributed by atoms with Gasteiger partial charge >= 0.3 is 5.97 Å². The van der Waals surface area contributed by atoms with Gasteiger partial charge in [-0.15, -0.1) is 11.6 Å². The first kappa shape index (κ1) is 13.5. The molecule has 0 heterocycles. The third-order valence-electron chi connectivity index (χ3n) is 2.47. The minimum Gasteiger partial charge on any atom is -0.466 e. The molecule has 0 aliphatic rings. The summed E-state index contributed by atoms with van der Waals surface area (Å²) in [5.74, 6) is -0.000225. The third kappa shape index (κ3) is 3.47. The molecule has 0 fully saturated rings. The van der Waals surface area contributed by atoms with Gasteiger partial charge in [0.25, 0.3) is 0 Å². The SMILES string of the molecule is CCOC(=O)Cc1cc(CCl)c(C#N)cc1C. The van der Waals surface area contributed by atoms with Gasteiger partial charge in [-0.3, -0.25) is 4.79 Å². The number of nitrogens with zero attached hydrogens (tertiary/aromatic N) is 1. The fourth-order valence-corrected chi connectivity index (χ4v) is 1.80. The average molecular weight is 252 g/mol. The number of nitriles is 1. The van der Waals surface area contributed by atoms with Crippen molar-refractivity contribution in [2.24, 2.45) is 0 Å². The Hall–Kier alpha value is -1.53. The molecule has 3 nitrogen and oxygen atoms in total. The normalized spacial score (nSPS) is 9.76. The molecule has 0 atom stereocenters. The molecule has 4 heteroatoms. The standard InChI is InChI=1S/C13H14ClNO2/c1-3-17-13(16)6-10-5-11(7-14)12(8-15)4-9(10)2/h4-5H,3,6-7H2,1-2H3. The number of carbonyl (C=O) groups is 1. The highest BCUT2D eigenvalue weighted by Gasteiger charge is 2.10. The Bertz CT molecular complexity index is 463. The van der Waals surface area contributed by atoms with Gasteiger partial charge in [0, 0.05) is 5.88 Å². The molecule has 0 saturated heterocycles. The molecule has 0 unspecified atom stereocenters. The van der Waals surface area contributed by atoms with E-state index in [-0.39, 0.29) is 18.3 Å². The first-order chi connectivity index (χ1) is 8.12. The first-order valence-corrected chi connectivity index (χ1v) is 5.89. The highest BCUT2D eigenvalue weighted by molar-refractivity contribution is 6.17. The lowest BCUT2D eigenvalue weighted by Gasteiger charge is -2.09. The van der Waals surface area contributed by atoms with E-state index in [4.69, 9.17) is 21.6 Å². The predicted octanol–water partition coefficient (Wildman–Crippen LogP) is 2.71. The molecular weight excluding hydrogens is 238 g/mol. The van der Waals surface area contributed by atoms with Crippen molar-refractivity contribution in [3.63, 3.8) is 0 Å². The number of rotatable bonds is 4. The van der Waals surface area contributed by atoms with E-state index in [1.54, 1.807) is 19.1 Å². The van der Waals surface area contributed by atoms with E-state index in [1.165, 1.54) is 0 Å². The second kappa shape index (κ2) is 6.27. The zero-order chi connectivity index (χ0) is 12.8. The molecule has 0 amide bonds. The molecule has 0 N–H and O–H groups in total. The molecule has 1 aromatic rings. The number of esters is 1. The molecule has 1 rings (SSSR count). The monoisotopic (exact) mass is 251 g/mol. The van der Waals surface area contributed by atoms with Crippen LogP contribution >= 0.6 is 11.6 Å². The van der Waals surface area contributed by atoms with Crippen LogP contribution in [0.5, 0.6) is 0 Å². The second-order valence-electron chi connectivity index (χ2n) is 3.66. The number of hydrogen-bond acceptors (Lipinski definition) is 3. The molecule has 0 aliphatic carbocycles. The fraction of sp³-hybridized carbons (Fsp3) is 0.385. The van der Waals surface area contributed by atoms with Crippen molar-refractivity contribution in [2.75, 3.05) is 6.61 Å². The second-order valence-corrected chi connectivity index (χ2v) is 3.93. The summed E-state index contributed by atoms with van der Waals surface area (Å²) in [5.41, 5.74) is 3.07. The van der Waals surface area contributed by atoms with Crippen molar-refractivity contribution >= 4 is 17.6 Å². The topological polar surface area (TPSA) is 50.1 Å². The summed E-state index contributed by atoms with van der Waals surface area (Å²) in [7, 11) is 0. The van der Waals surface area contributed by atoms with Gasteiger partial charge in [-0.25, -0.2) is 0 Å². The van der Waals surface area contributed by atoms with Crippen LogP contribution in [-0.4, -0.2) is 12.6 Å². The van der Waals surface area contributed by atoms with Crippen molar-refractivity contribution in [1.29, 1.82) is 5.26 Å². The number of carbonyl (C=O) groups excluding carboxylic acids is 1. The summed E-state index contributed by atoms with van der Waals surface area (Å²) in [6.45, 7) is 4.01. The minimum absolute atomic E-state index is 0.218. The first-order valence-electron chi connectivity index (χ1n) is 5.36. The van der Waals surface area contributed by atoms with Crippen molar-refractivity contribution in [3.05, 3.63) is 34.4 Å². The number of benzene rings is 1. The van der Waals surface area contributed by atoms with Crippen LogP contribution in [0.3, 0.4) is 0 Å². The lowest BCUT2D eigenvalue weighted by Crippen LogP contribution is -2.09. The summed E-state index contributed by atoms with van der Waals surface area (Å²) >= 11 is 5.77. The minimum atomic E-state index is -0.263. The predicted molar refractivity (Wildman–Crippen MR) is 65.8 cm³/mol. The summed E-state index contributed by atoms with van der Waals surface area (Å²) in [5, 5.41) is 8.93. The summed E-state index contributed by atoms with van der Waals surface area (Å²) < 4.78 is 4.89. The Morgan fingerprint density at radius 1 is 1.47 bits per heavy atom. The number of aryl methyl sites for hydroxylation is 1. The maximum atomic E-state index is 11.4. The Morgan fingerprint density at radius 2 is 2.18 bits per heavy atom. The van der Waals surface area contributed by atoms with E-state index in [1.807, 2.05) is 6.92 Å². The van der Waals surface area contributed by atoms with E-state index >= 15 is 0 Å². The maximum absolute atomic E-state index is 11.4. The van der Waals surface area contributed by atoms with Gasteiger partial charge < -0.3 is 4.74 Å². The number of halogens is 1. The van der Waals surface area contributed by atoms with Crippen LogP contribution in [0.4, 0.5) is 0 Å². The molecule has 0 aromatic heterocycles. The Morgan fingerprint density at radius 3 is 2.71 bits per heavy atom. The highest BCUT2D eigenvalue weighted by Crippen LogP contribution is 2.18. The van der Waals surface area contributed by atoms with Crippen LogP contribution in [0.25, 0.3) is 0 Å². The highest BCUT2D eigenvalue weighted by atomic mass is 35.5. The van der Waals surface area contributed by atoms with Crippen molar-refractivity contribution in [1.82, 2.24) is 0 Å². The van der Waals surface area contributed by atoms with Crippen molar-refractivity contribution in [3.8, 4) is 6.07 Å². The lowest BCUT2D eigenvalue weighted by atomic mass is 9.98. The Kier molecular flexibility index (Phi) is 4.99. The van der Waals surface area contributed by atoms with Crippen LogP contribution in [-0.2, 0) is 21.8 Å². The van der Waals surface area contributed by atoms with Gasteiger partial charge in [-0.1, -0.05) is 6.07 Å². The smallest absolute Gasteiger partial charge is 0.310 e. The van der Waals surface area contributed by atoms with Crippen molar-refractivity contribution in [2.45, 2.75) is 26.1 Å². The fourth-order valence-electron chi connectivity index (χ4n) is 1.58. The van der Waals surface area contributed by atoms with Gasteiger partial charge in [-0.2, -0.15) is 5.26 Å². The molecule has 0 spiro atoms. The van der Waals surface area contributed by atoms with E-state index in [2.05, 4.69) is 6.07 Å². The van der Waals surface area contributed by atoms with Crippen LogP contribution in [0.2, 0.25) is 0 Å². The van der Waals surface area contributed by atoms with Gasteiger partial charge in [0.2, 0.25) is 0 Å². The molecule has 17 heavy (non-hydrogen) atoms. The molecule has 0 aliphatic heterocycles. The van der Waals surface area contributed by atoms with Gasteiger partial charge in [0.05, 0.1) is 24.7 Å². The van der Waals surface area contributed by atoms with Gasteiger partial charge in [0.15, 0.2) is 0 Å². The van der Waals surface area contributed by atoms with Crippen LogP contribution in [0.1, 0.15) is 29.2 Å². The average Bonchev–Trinajstić information content (AvgIpc) is 2.31. The lowest BCUT2D eigenvalue weighted by molar-refractivity contribution is -0.142. The van der Waals surface area contributed by atoms with E-state index in [0.29, 0.717) is 12.2 Å². The number of alkyl halides is 1. The molecule has 0 saturated carbocycles. The molecule has 0 bridgehead atoms. The summed E-state index contributed by atoms with van der Waals surface area (Å²) in [6, 6.07) is 5.65. The maximum Gasteiger partial charge on any atom is 0.310 e. The zero-order valence-corrected chi connectivity index (χ0v) is 10.7.